The molecule has 0 saturated heterocycles. The van der Waals surface area contributed by atoms with Crippen LogP contribution in [0.25, 0.3) is 5.65 Å². The van der Waals surface area contributed by atoms with Crippen molar-refractivity contribution in [3.63, 3.8) is 0 Å². The van der Waals surface area contributed by atoms with Crippen molar-refractivity contribution < 1.29 is 0 Å². The van der Waals surface area contributed by atoms with Crippen LogP contribution >= 0.6 is 0 Å². The molecule has 2 aromatic rings. The Morgan fingerprint density at radius 3 is 3.17 bits per heavy atom. The van der Waals surface area contributed by atoms with Crippen LogP contribution in [0.4, 0.5) is 0 Å². The van der Waals surface area contributed by atoms with Crippen LogP contribution in [0.2, 0.25) is 0 Å². The zero-order valence-electron chi connectivity index (χ0n) is 6.52. The van der Waals surface area contributed by atoms with Gasteiger partial charge in [-0.1, -0.05) is 0 Å². The van der Waals surface area contributed by atoms with Gasteiger partial charge in [-0.15, -0.1) is 0 Å². The van der Waals surface area contributed by atoms with Crippen molar-refractivity contribution in [3.8, 4) is 6.07 Å². The van der Waals surface area contributed by atoms with E-state index in [0.717, 1.165) is 5.69 Å². The van der Waals surface area contributed by atoms with E-state index in [0.29, 0.717) is 11.2 Å². The molecule has 0 aliphatic carbocycles. The third-order valence-corrected chi connectivity index (χ3v) is 1.71. The minimum atomic E-state index is 0.513. The highest BCUT2D eigenvalue weighted by Crippen LogP contribution is 2.07. The number of fused-ring (bicyclic) bond motifs is 1. The van der Waals surface area contributed by atoms with Crippen LogP contribution < -0.4 is 0 Å². The lowest BCUT2D eigenvalue weighted by Crippen LogP contribution is -1.94. The summed E-state index contributed by atoms with van der Waals surface area (Å²) in [4.78, 5) is 4.05. The highest BCUT2D eigenvalue weighted by Gasteiger charge is 2.04. The third-order valence-electron chi connectivity index (χ3n) is 1.71. The van der Waals surface area contributed by atoms with E-state index in [-0.39, 0.29) is 0 Å². The molecule has 0 atom stereocenters. The van der Waals surface area contributed by atoms with Crippen LogP contribution in [0, 0.1) is 18.3 Å². The van der Waals surface area contributed by atoms with E-state index in [2.05, 4.69) is 10.1 Å². The minimum absolute atomic E-state index is 0.513. The SMILES string of the molecule is Cc1ccnc2c(C#N)cnn12. The third kappa shape index (κ3) is 0.768. The first-order chi connectivity index (χ1) is 5.83. The van der Waals surface area contributed by atoms with Gasteiger partial charge >= 0.3 is 0 Å². The summed E-state index contributed by atoms with van der Waals surface area (Å²) < 4.78 is 1.65. The largest absolute Gasteiger partial charge is 0.236 e. The maximum Gasteiger partial charge on any atom is 0.173 e. The van der Waals surface area contributed by atoms with Crippen LogP contribution in [0.1, 0.15) is 11.3 Å². The fraction of sp³-hybridized carbons (Fsp3) is 0.125. The number of hydrogen-bond acceptors (Lipinski definition) is 3. The van der Waals surface area contributed by atoms with Crippen molar-refractivity contribution >= 4 is 5.65 Å². The van der Waals surface area contributed by atoms with Crippen molar-refractivity contribution in [3.05, 3.63) is 29.7 Å². The van der Waals surface area contributed by atoms with Gasteiger partial charge in [-0.3, -0.25) is 0 Å². The molecule has 0 N–H and O–H groups in total. The standard InChI is InChI=1S/C8H6N4/c1-6-2-3-10-8-7(4-9)5-11-12(6)8/h2-3,5H,1H3. The Kier molecular flexibility index (Phi) is 1.31. The van der Waals surface area contributed by atoms with Crippen LogP contribution in [-0.4, -0.2) is 14.6 Å². The predicted octanol–water partition coefficient (Wildman–Crippen LogP) is 0.909. The van der Waals surface area contributed by atoms with Crippen molar-refractivity contribution in [2.24, 2.45) is 0 Å². The zero-order chi connectivity index (χ0) is 8.55. The maximum absolute atomic E-state index is 8.67. The summed E-state index contributed by atoms with van der Waals surface area (Å²) in [7, 11) is 0. The maximum atomic E-state index is 8.67. The summed E-state index contributed by atoms with van der Waals surface area (Å²) in [6, 6.07) is 3.88. The van der Waals surface area contributed by atoms with E-state index in [1.54, 1.807) is 10.7 Å². The number of hydrogen-bond donors (Lipinski definition) is 0. The zero-order valence-corrected chi connectivity index (χ0v) is 6.52. The predicted molar refractivity (Wildman–Crippen MR) is 42.4 cm³/mol. The van der Waals surface area contributed by atoms with Gasteiger partial charge < -0.3 is 0 Å². The smallest absolute Gasteiger partial charge is 0.173 e. The van der Waals surface area contributed by atoms with Crippen LogP contribution in [-0.2, 0) is 0 Å². The summed E-state index contributed by atoms with van der Waals surface area (Å²) in [6.45, 7) is 1.92. The Morgan fingerprint density at radius 2 is 2.42 bits per heavy atom. The van der Waals surface area contributed by atoms with Crippen LogP contribution in [0.3, 0.4) is 0 Å². The molecule has 0 radical (unpaired) electrons. The second-order valence-electron chi connectivity index (χ2n) is 2.49. The molecule has 0 fully saturated rings. The molecule has 4 heteroatoms. The lowest BCUT2D eigenvalue weighted by molar-refractivity contribution is 0.895. The van der Waals surface area contributed by atoms with Gasteiger partial charge in [-0.2, -0.15) is 10.4 Å². The monoisotopic (exact) mass is 158 g/mol. The minimum Gasteiger partial charge on any atom is -0.236 e. The van der Waals surface area contributed by atoms with Gasteiger partial charge in [0.05, 0.1) is 6.20 Å². The molecule has 0 bridgehead atoms. The van der Waals surface area contributed by atoms with Crippen molar-refractivity contribution in [1.29, 1.82) is 5.26 Å². The molecule has 0 spiro atoms. The highest BCUT2D eigenvalue weighted by atomic mass is 15.2. The summed E-state index contributed by atoms with van der Waals surface area (Å²) >= 11 is 0. The lowest BCUT2D eigenvalue weighted by atomic mass is 10.3. The topological polar surface area (TPSA) is 54.0 Å². The van der Waals surface area contributed by atoms with Gasteiger partial charge in [-0.25, -0.2) is 9.50 Å². The summed E-state index contributed by atoms with van der Waals surface area (Å²) in [5, 5.41) is 12.7. The first-order valence-electron chi connectivity index (χ1n) is 3.52. The summed E-state index contributed by atoms with van der Waals surface area (Å²) in [5.74, 6) is 0. The number of nitrogens with zero attached hydrogens (tertiary/aromatic N) is 4. The molecule has 2 rings (SSSR count). The second-order valence-corrected chi connectivity index (χ2v) is 2.49. The van der Waals surface area contributed by atoms with Crippen molar-refractivity contribution in [2.45, 2.75) is 6.92 Å². The normalized spacial score (nSPS) is 10.0. The first kappa shape index (κ1) is 6.80. The Labute approximate surface area is 69.1 Å². The average molecular weight is 158 g/mol. The van der Waals surface area contributed by atoms with Crippen molar-refractivity contribution in [1.82, 2.24) is 14.6 Å². The molecule has 0 aliphatic rings. The molecule has 0 aliphatic heterocycles. The fourth-order valence-corrected chi connectivity index (χ4v) is 1.09. The summed E-state index contributed by atoms with van der Waals surface area (Å²) in [5.41, 5.74) is 2.11. The molecule has 0 aromatic carbocycles. The molecule has 2 heterocycles. The highest BCUT2D eigenvalue weighted by molar-refractivity contribution is 5.53. The number of rotatable bonds is 0. The molecular formula is C8H6N4. The Bertz CT molecular complexity index is 463. The van der Waals surface area contributed by atoms with E-state index >= 15 is 0 Å². The van der Waals surface area contributed by atoms with E-state index in [1.165, 1.54) is 6.20 Å². The van der Waals surface area contributed by atoms with Crippen molar-refractivity contribution in [2.75, 3.05) is 0 Å². The Hall–Kier alpha value is -1.89. The van der Waals surface area contributed by atoms with E-state index in [4.69, 9.17) is 5.26 Å². The second kappa shape index (κ2) is 2.31. The van der Waals surface area contributed by atoms with Gasteiger partial charge in [-0.05, 0) is 13.0 Å². The van der Waals surface area contributed by atoms with Gasteiger partial charge in [0.1, 0.15) is 11.6 Å². The fourth-order valence-electron chi connectivity index (χ4n) is 1.09. The molecule has 58 valence electrons. The molecular weight excluding hydrogens is 152 g/mol. The van der Waals surface area contributed by atoms with E-state index in [1.807, 2.05) is 19.1 Å². The number of aromatic nitrogens is 3. The molecule has 2 aromatic heterocycles. The molecule has 12 heavy (non-hydrogen) atoms. The van der Waals surface area contributed by atoms with E-state index < -0.39 is 0 Å². The molecule has 4 nitrogen and oxygen atoms in total. The number of nitriles is 1. The quantitative estimate of drug-likeness (QED) is 0.572. The van der Waals surface area contributed by atoms with Gasteiger partial charge in [0.15, 0.2) is 5.65 Å². The Morgan fingerprint density at radius 1 is 1.58 bits per heavy atom. The first-order valence-corrected chi connectivity index (χ1v) is 3.52. The average Bonchev–Trinajstić information content (AvgIpc) is 2.49. The number of aryl methyl sites for hydroxylation is 1. The van der Waals surface area contributed by atoms with Crippen LogP contribution in [0.15, 0.2) is 18.5 Å². The van der Waals surface area contributed by atoms with Gasteiger partial charge in [0.2, 0.25) is 0 Å². The molecule has 0 amide bonds. The van der Waals surface area contributed by atoms with Gasteiger partial charge in [0, 0.05) is 11.9 Å². The molecule has 0 saturated carbocycles. The molecule has 0 unspecified atom stereocenters. The lowest BCUT2D eigenvalue weighted by Gasteiger charge is -1.95. The van der Waals surface area contributed by atoms with E-state index in [9.17, 15) is 0 Å². The van der Waals surface area contributed by atoms with Crippen LogP contribution in [0.5, 0.6) is 0 Å². The Balaban J connectivity index is 2.91. The summed E-state index contributed by atoms with van der Waals surface area (Å²) in [6.07, 6.45) is 3.20. The van der Waals surface area contributed by atoms with Gasteiger partial charge in [0.25, 0.3) is 0 Å².